The van der Waals surface area contributed by atoms with Crippen molar-refractivity contribution in [2.24, 2.45) is 9.98 Å². The SMILES string of the molecule is C=NC(=Nc1cccc(N2CCOCC2)c1)NC(=C)C.CC. The van der Waals surface area contributed by atoms with Gasteiger partial charge in [0, 0.05) is 24.5 Å². The number of guanidine groups is 1. The van der Waals surface area contributed by atoms with E-state index in [9.17, 15) is 0 Å². The van der Waals surface area contributed by atoms with Gasteiger partial charge in [0.25, 0.3) is 0 Å². The molecule has 1 aliphatic rings. The first kappa shape index (κ1) is 17.9. The Labute approximate surface area is 133 Å². The zero-order valence-electron chi connectivity index (χ0n) is 13.8. The van der Waals surface area contributed by atoms with Gasteiger partial charge in [-0.3, -0.25) is 0 Å². The lowest BCUT2D eigenvalue weighted by atomic mass is 10.2. The van der Waals surface area contributed by atoms with Gasteiger partial charge in [0.15, 0.2) is 0 Å². The molecule has 1 N–H and O–H groups in total. The summed E-state index contributed by atoms with van der Waals surface area (Å²) < 4.78 is 5.36. The Balaban J connectivity index is 0.00000116. The predicted molar refractivity (Wildman–Crippen MR) is 95.4 cm³/mol. The van der Waals surface area contributed by atoms with E-state index >= 15 is 0 Å². The van der Waals surface area contributed by atoms with Crippen LogP contribution < -0.4 is 10.2 Å². The largest absolute Gasteiger partial charge is 0.378 e. The summed E-state index contributed by atoms with van der Waals surface area (Å²) in [4.78, 5) is 10.6. The summed E-state index contributed by atoms with van der Waals surface area (Å²) in [5.74, 6) is 0.455. The van der Waals surface area contributed by atoms with Gasteiger partial charge >= 0.3 is 0 Å². The van der Waals surface area contributed by atoms with Crippen LogP contribution in [0.5, 0.6) is 0 Å². The number of anilines is 1. The molecule has 0 unspecified atom stereocenters. The van der Waals surface area contributed by atoms with Gasteiger partial charge in [0.1, 0.15) is 0 Å². The number of morpholine rings is 1. The number of rotatable bonds is 3. The normalized spacial score (nSPS) is 14.7. The smallest absolute Gasteiger partial charge is 0.226 e. The molecule has 0 spiro atoms. The van der Waals surface area contributed by atoms with Crippen LogP contribution in [-0.2, 0) is 4.74 Å². The number of nitrogens with zero attached hydrogens (tertiary/aromatic N) is 3. The van der Waals surface area contributed by atoms with Crippen molar-refractivity contribution < 1.29 is 4.74 Å². The van der Waals surface area contributed by atoms with Crippen LogP contribution in [0.15, 0.2) is 46.5 Å². The van der Waals surface area contributed by atoms with E-state index < -0.39 is 0 Å². The van der Waals surface area contributed by atoms with Crippen molar-refractivity contribution in [2.75, 3.05) is 31.2 Å². The number of nitrogens with one attached hydrogen (secondary N) is 1. The van der Waals surface area contributed by atoms with Gasteiger partial charge in [0.05, 0.1) is 18.9 Å². The maximum atomic E-state index is 5.36. The molecule has 1 fully saturated rings. The van der Waals surface area contributed by atoms with E-state index in [2.05, 4.69) is 39.6 Å². The highest BCUT2D eigenvalue weighted by Gasteiger charge is 2.11. The summed E-state index contributed by atoms with van der Waals surface area (Å²) in [5.41, 5.74) is 2.76. The van der Waals surface area contributed by atoms with Crippen molar-refractivity contribution in [3.8, 4) is 0 Å². The molecular formula is C17H26N4O. The number of hydrogen-bond donors (Lipinski definition) is 1. The molecule has 0 atom stereocenters. The molecule has 0 saturated carbocycles. The summed E-state index contributed by atoms with van der Waals surface area (Å²) in [6.45, 7) is 16.5. The van der Waals surface area contributed by atoms with Crippen molar-refractivity contribution in [1.29, 1.82) is 0 Å². The molecule has 1 aromatic rings. The first-order valence-electron chi connectivity index (χ1n) is 7.60. The molecule has 0 aromatic heterocycles. The average molecular weight is 302 g/mol. The van der Waals surface area contributed by atoms with Crippen molar-refractivity contribution in [3.05, 3.63) is 36.5 Å². The topological polar surface area (TPSA) is 49.2 Å². The van der Waals surface area contributed by atoms with Gasteiger partial charge in [-0.15, -0.1) is 0 Å². The number of allylic oxidation sites excluding steroid dienone is 1. The van der Waals surface area contributed by atoms with E-state index in [4.69, 9.17) is 4.74 Å². The first-order chi connectivity index (χ1) is 10.7. The highest BCUT2D eigenvalue weighted by molar-refractivity contribution is 5.87. The molecule has 22 heavy (non-hydrogen) atoms. The number of benzene rings is 1. The molecule has 2 rings (SSSR count). The Hall–Kier alpha value is -2.14. The number of hydrogen-bond acceptors (Lipinski definition) is 3. The van der Waals surface area contributed by atoms with Crippen LogP contribution in [0.4, 0.5) is 11.4 Å². The molecule has 0 aliphatic carbocycles. The lowest BCUT2D eigenvalue weighted by Crippen LogP contribution is -2.36. The zero-order chi connectivity index (χ0) is 16.4. The third-order valence-electron chi connectivity index (χ3n) is 2.92. The minimum atomic E-state index is 0.455. The van der Waals surface area contributed by atoms with Gasteiger partial charge in [-0.25, -0.2) is 9.98 Å². The lowest BCUT2D eigenvalue weighted by Gasteiger charge is -2.28. The van der Waals surface area contributed by atoms with Gasteiger partial charge in [-0.1, -0.05) is 26.5 Å². The Morgan fingerprint density at radius 2 is 1.95 bits per heavy atom. The summed E-state index contributed by atoms with van der Waals surface area (Å²) in [7, 11) is 0. The number of ether oxygens (including phenoxy) is 1. The fraction of sp³-hybridized carbons (Fsp3) is 0.412. The molecule has 5 nitrogen and oxygen atoms in total. The maximum Gasteiger partial charge on any atom is 0.226 e. The Kier molecular flexibility index (Phi) is 7.92. The summed E-state index contributed by atoms with van der Waals surface area (Å²) in [6, 6.07) is 8.05. The quantitative estimate of drug-likeness (QED) is 0.688. The minimum absolute atomic E-state index is 0.455. The van der Waals surface area contributed by atoms with Crippen molar-refractivity contribution in [2.45, 2.75) is 20.8 Å². The fourth-order valence-corrected chi connectivity index (χ4v) is 2.00. The van der Waals surface area contributed by atoms with Crippen molar-refractivity contribution in [1.82, 2.24) is 5.32 Å². The van der Waals surface area contributed by atoms with Gasteiger partial charge in [-0.2, -0.15) is 0 Å². The van der Waals surface area contributed by atoms with Crippen LogP contribution in [0.25, 0.3) is 0 Å². The minimum Gasteiger partial charge on any atom is -0.378 e. The second-order valence-corrected chi connectivity index (χ2v) is 4.62. The van der Waals surface area contributed by atoms with Crippen LogP contribution >= 0.6 is 0 Å². The van der Waals surface area contributed by atoms with E-state index in [0.29, 0.717) is 5.96 Å². The van der Waals surface area contributed by atoms with Crippen molar-refractivity contribution in [3.63, 3.8) is 0 Å². The van der Waals surface area contributed by atoms with Crippen LogP contribution in [0.2, 0.25) is 0 Å². The highest BCUT2D eigenvalue weighted by Crippen LogP contribution is 2.22. The maximum absolute atomic E-state index is 5.36. The van der Waals surface area contributed by atoms with Crippen LogP contribution in [0.1, 0.15) is 20.8 Å². The van der Waals surface area contributed by atoms with Gasteiger partial charge < -0.3 is 15.0 Å². The summed E-state index contributed by atoms with van der Waals surface area (Å²) in [5, 5.41) is 2.97. The van der Waals surface area contributed by atoms with Crippen LogP contribution in [0, 0.1) is 0 Å². The second kappa shape index (κ2) is 9.73. The fourth-order valence-electron chi connectivity index (χ4n) is 2.00. The van der Waals surface area contributed by atoms with E-state index in [1.54, 1.807) is 0 Å². The van der Waals surface area contributed by atoms with Crippen molar-refractivity contribution >= 4 is 24.1 Å². The Morgan fingerprint density at radius 1 is 1.27 bits per heavy atom. The average Bonchev–Trinajstić information content (AvgIpc) is 2.57. The molecule has 1 aliphatic heterocycles. The summed E-state index contributed by atoms with van der Waals surface area (Å²) in [6.07, 6.45) is 0. The number of aliphatic imine (C=N–C) groups is 2. The molecular weight excluding hydrogens is 276 g/mol. The molecule has 0 amide bonds. The van der Waals surface area contributed by atoms with E-state index in [-0.39, 0.29) is 0 Å². The predicted octanol–water partition coefficient (Wildman–Crippen LogP) is 3.36. The Morgan fingerprint density at radius 3 is 2.55 bits per heavy atom. The van der Waals surface area contributed by atoms with E-state index in [0.717, 1.165) is 43.4 Å². The van der Waals surface area contributed by atoms with Crippen LogP contribution in [-0.4, -0.2) is 39.0 Å². The van der Waals surface area contributed by atoms with Gasteiger partial charge in [-0.05, 0) is 31.8 Å². The van der Waals surface area contributed by atoms with Crippen LogP contribution in [0.3, 0.4) is 0 Å². The molecule has 1 saturated heterocycles. The lowest BCUT2D eigenvalue weighted by molar-refractivity contribution is 0.122. The second-order valence-electron chi connectivity index (χ2n) is 4.62. The zero-order valence-corrected chi connectivity index (χ0v) is 13.8. The molecule has 0 bridgehead atoms. The third kappa shape index (κ3) is 5.69. The van der Waals surface area contributed by atoms with E-state index in [1.807, 2.05) is 39.0 Å². The molecule has 1 heterocycles. The molecule has 0 radical (unpaired) electrons. The van der Waals surface area contributed by atoms with Gasteiger partial charge in [0.2, 0.25) is 5.96 Å². The third-order valence-corrected chi connectivity index (χ3v) is 2.92. The first-order valence-corrected chi connectivity index (χ1v) is 7.60. The molecule has 1 aromatic carbocycles. The standard InChI is InChI=1S/C15H20N4O.C2H6/c1-12(2)17-15(16-3)18-13-5-4-6-14(11-13)19-7-9-20-10-8-19;1-2/h4-6,11H,1,3,7-10H2,2H3,(H,17,18);1-2H3. The molecule has 120 valence electrons. The monoisotopic (exact) mass is 302 g/mol. The molecule has 5 heteroatoms. The highest BCUT2D eigenvalue weighted by atomic mass is 16.5. The summed E-state index contributed by atoms with van der Waals surface area (Å²) >= 11 is 0. The van der Waals surface area contributed by atoms with E-state index in [1.165, 1.54) is 0 Å². The Bertz CT molecular complexity index is 519.